The first-order valence-corrected chi connectivity index (χ1v) is 6.46. The van der Waals surface area contributed by atoms with E-state index in [4.69, 9.17) is 15.7 Å². The molecule has 0 atom stereocenters. The van der Waals surface area contributed by atoms with Crippen LogP contribution in [-0.2, 0) is 19.2 Å². The Kier molecular flexibility index (Phi) is 7.94. The quantitative estimate of drug-likeness (QED) is 0.251. The number of nitrogens with zero attached hydrogens (tertiary/aromatic N) is 2. The topological polar surface area (TPSA) is 121 Å². The van der Waals surface area contributed by atoms with Gasteiger partial charge in [0.25, 0.3) is 17.7 Å². The summed E-state index contributed by atoms with van der Waals surface area (Å²) in [6.45, 7) is 2.02. The number of hydrogen-bond acceptors (Lipinski definition) is 5. The van der Waals surface area contributed by atoms with E-state index in [1.807, 2.05) is 6.92 Å². The number of imide groups is 1. The third kappa shape index (κ3) is 6.91. The summed E-state index contributed by atoms with van der Waals surface area (Å²) in [4.78, 5) is 42.8. The molecule has 0 saturated heterocycles. The largest absolute Gasteiger partial charge is 0.490 e. The molecule has 3 amide bonds. The molecule has 0 radical (unpaired) electrons. The summed E-state index contributed by atoms with van der Waals surface area (Å²) in [5, 5.41) is 8.36. The van der Waals surface area contributed by atoms with Crippen LogP contribution >= 0.6 is 0 Å². The summed E-state index contributed by atoms with van der Waals surface area (Å²) in [5.74, 6) is 1.05. The Balaban J connectivity index is 0.000000585. The van der Waals surface area contributed by atoms with Gasteiger partial charge in [0.15, 0.2) is 0 Å². The number of carbonyl (C=O) groups excluding carboxylic acids is 3. The smallest absolute Gasteiger partial charge is 0.475 e. The molecule has 1 rings (SSSR count). The van der Waals surface area contributed by atoms with Crippen molar-refractivity contribution < 1.29 is 37.5 Å². The molecule has 0 fully saturated rings. The predicted molar refractivity (Wildman–Crippen MR) is 69.9 cm³/mol. The van der Waals surface area contributed by atoms with Crippen molar-refractivity contribution in [2.24, 2.45) is 5.84 Å². The summed E-state index contributed by atoms with van der Waals surface area (Å²) in [5.41, 5.74) is 0. The van der Waals surface area contributed by atoms with Gasteiger partial charge in [-0.3, -0.25) is 14.4 Å². The normalized spacial score (nSPS) is 13.7. The molecular weight excluding hydrogens is 323 g/mol. The molecule has 0 aromatic rings. The van der Waals surface area contributed by atoms with Crippen molar-refractivity contribution in [3.63, 3.8) is 0 Å². The number of alkyl halides is 3. The van der Waals surface area contributed by atoms with Crippen LogP contribution in [0.2, 0.25) is 0 Å². The molecule has 0 unspecified atom stereocenters. The van der Waals surface area contributed by atoms with E-state index in [9.17, 15) is 27.6 Å². The monoisotopic (exact) mass is 339 g/mol. The number of unbranched alkanes of at least 4 members (excludes halogenated alkanes) is 2. The number of aliphatic carboxylic acids is 1. The second-order valence-corrected chi connectivity index (χ2v) is 4.32. The van der Waals surface area contributed by atoms with Crippen molar-refractivity contribution in [2.45, 2.75) is 38.8 Å². The first kappa shape index (κ1) is 20.6. The van der Waals surface area contributed by atoms with E-state index in [1.54, 1.807) is 0 Å². The number of hydrazine groups is 2. The van der Waals surface area contributed by atoms with Gasteiger partial charge in [-0.15, -0.1) is 0 Å². The number of rotatable bonds is 5. The fourth-order valence-electron chi connectivity index (χ4n) is 1.36. The van der Waals surface area contributed by atoms with Crippen LogP contribution in [0.4, 0.5) is 13.2 Å². The Morgan fingerprint density at radius 3 is 2.00 bits per heavy atom. The zero-order chi connectivity index (χ0) is 18.2. The Hall–Kier alpha value is -2.43. The molecule has 0 saturated carbocycles. The van der Waals surface area contributed by atoms with Gasteiger partial charge in [0.1, 0.15) is 0 Å². The fraction of sp³-hybridized carbons (Fsp3) is 0.500. The summed E-state index contributed by atoms with van der Waals surface area (Å²) < 4.78 is 31.7. The zero-order valence-corrected chi connectivity index (χ0v) is 12.2. The molecule has 11 heteroatoms. The molecule has 1 aliphatic rings. The van der Waals surface area contributed by atoms with Crippen LogP contribution in [0.5, 0.6) is 0 Å². The zero-order valence-electron chi connectivity index (χ0n) is 12.2. The SMILES string of the molecule is CCCCCC(=O)N(N)N1C(=O)C=CC1=O.O=C(O)C(F)(F)F. The van der Waals surface area contributed by atoms with E-state index in [0.717, 1.165) is 25.0 Å². The number of carboxylic acid groups (broad SMARTS) is 1. The average Bonchev–Trinajstić information content (AvgIpc) is 2.77. The molecule has 8 nitrogen and oxygen atoms in total. The average molecular weight is 339 g/mol. The highest BCUT2D eigenvalue weighted by atomic mass is 19.4. The molecule has 1 heterocycles. The number of amides is 3. The first-order valence-electron chi connectivity index (χ1n) is 6.46. The highest BCUT2D eigenvalue weighted by Gasteiger charge is 2.38. The van der Waals surface area contributed by atoms with E-state index >= 15 is 0 Å². The van der Waals surface area contributed by atoms with Gasteiger partial charge in [-0.05, 0) is 6.42 Å². The van der Waals surface area contributed by atoms with Crippen molar-refractivity contribution in [3.05, 3.63) is 12.2 Å². The number of nitrogens with two attached hydrogens (primary N) is 1. The maximum atomic E-state index is 11.5. The van der Waals surface area contributed by atoms with Gasteiger partial charge in [0, 0.05) is 18.6 Å². The van der Waals surface area contributed by atoms with Crippen molar-refractivity contribution in [1.82, 2.24) is 10.1 Å². The molecule has 3 N–H and O–H groups in total. The van der Waals surface area contributed by atoms with Gasteiger partial charge in [-0.1, -0.05) is 19.8 Å². The van der Waals surface area contributed by atoms with Crippen molar-refractivity contribution in [3.8, 4) is 0 Å². The molecule has 1 aliphatic heterocycles. The minimum Gasteiger partial charge on any atom is -0.475 e. The Morgan fingerprint density at radius 2 is 1.65 bits per heavy atom. The van der Waals surface area contributed by atoms with Crippen molar-refractivity contribution in [1.29, 1.82) is 0 Å². The summed E-state index contributed by atoms with van der Waals surface area (Å²) >= 11 is 0. The molecule has 0 aromatic carbocycles. The number of carbonyl (C=O) groups is 4. The molecule has 130 valence electrons. The fourth-order valence-corrected chi connectivity index (χ4v) is 1.36. The first-order chi connectivity index (χ1) is 10.5. The lowest BCUT2D eigenvalue weighted by Crippen LogP contribution is -2.53. The third-order valence-electron chi connectivity index (χ3n) is 2.49. The number of carboxylic acids is 1. The Morgan fingerprint density at radius 1 is 1.22 bits per heavy atom. The van der Waals surface area contributed by atoms with Crippen LogP contribution in [-0.4, -0.2) is 45.1 Å². The lowest BCUT2D eigenvalue weighted by atomic mass is 10.2. The Bertz CT molecular complexity index is 487. The van der Waals surface area contributed by atoms with E-state index < -0.39 is 29.9 Å². The standard InChI is InChI=1S/C10H15N3O3.C2HF3O2/c1-2-3-4-5-10(16)13(11)12-8(14)6-7-9(12)15;3-2(4,5)1(6)7/h6-7H,2-5,11H2,1H3;(H,6,7). The van der Waals surface area contributed by atoms with Gasteiger partial charge in [-0.25, -0.2) is 10.6 Å². The molecule has 0 aromatic heterocycles. The second-order valence-electron chi connectivity index (χ2n) is 4.32. The van der Waals surface area contributed by atoms with Crippen LogP contribution in [0, 0.1) is 0 Å². The molecule has 0 aliphatic carbocycles. The minimum absolute atomic E-state index is 0.237. The summed E-state index contributed by atoms with van der Waals surface area (Å²) in [6.07, 6.45) is -0.0716. The molecule has 0 spiro atoms. The number of hydrogen-bond donors (Lipinski definition) is 2. The van der Waals surface area contributed by atoms with Gasteiger partial charge in [-0.2, -0.15) is 23.3 Å². The maximum absolute atomic E-state index is 11.5. The lowest BCUT2D eigenvalue weighted by molar-refractivity contribution is -0.192. The van der Waals surface area contributed by atoms with Crippen LogP contribution in [0.3, 0.4) is 0 Å². The minimum atomic E-state index is -5.08. The van der Waals surface area contributed by atoms with Crippen LogP contribution in [0.1, 0.15) is 32.6 Å². The predicted octanol–water partition coefficient (Wildman–Crippen LogP) is 0.742. The lowest BCUT2D eigenvalue weighted by Gasteiger charge is -2.24. The van der Waals surface area contributed by atoms with Gasteiger partial charge >= 0.3 is 12.1 Å². The van der Waals surface area contributed by atoms with Crippen LogP contribution in [0.25, 0.3) is 0 Å². The highest BCUT2D eigenvalue weighted by molar-refractivity contribution is 6.13. The van der Waals surface area contributed by atoms with E-state index in [1.165, 1.54) is 0 Å². The van der Waals surface area contributed by atoms with E-state index in [-0.39, 0.29) is 6.42 Å². The molecule has 23 heavy (non-hydrogen) atoms. The van der Waals surface area contributed by atoms with Gasteiger partial charge in [0.2, 0.25) is 0 Å². The van der Waals surface area contributed by atoms with E-state index in [0.29, 0.717) is 16.5 Å². The maximum Gasteiger partial charge on any atom is 0.490 e. The van der Waals surface area contributed by atoms with Gasteiger partial charge < -0.3 is 5.11 Å². The van der Waals surface area contributed by atoms with Crippen molar-refractivity contribution in [2.75, 3.05) is 0 Å². The number of halogens is 3. The van der Waals surface area contributed by atoms with Crippen molar-refractivity contribution >= 4 is 23.7 Å². The van der Waals surface area contributed by atoms with Crippen LogP contribution < -0.4 is 5.84 Å². The molecule has 0 bridgehead atoms. The van der Waals surface area contributed by atoms with E-state index in [2.05, 4.69) is 0 Å². The summed E-state index contributed by atoms with van der Waals surface area (Å²) in [6, 6.07) is 0. The third-order valence-corrected chi connectivity index (χ3v) is 2.49. The van der Waals surface area contributed by atoms with Crippen LogP contribution in [0.15, 0.2) is 12.2 Å². The highest BCUT2D eigenvalue weighted by Crippen LogP contribution is 2.13. The molecular formula is C12H16F3N3O5. The Labute approximate surface area is 129 Å². The second kappa shape index (κ2) is 8.88. The van der Waals surface area contributed by atoms with Gasteiger partial charge in [0.05, 0.1) is 0 Å². The summed E-state index contributed by atoms with van der Waals surface area (Å²) in [7, 11) is 0.